The maximum Gasteiger partial charge on any atom is 0.338 e. The van der Waals surface area contributed by atoms with Crippen molar-refractivity contribution in [2.75, 3.05) is 12.9 Å². The third-order valence-electron chi connectivity index (χ3n) is 6.15. The van der Waals surface area contributed by atoms with Gasteiger partial charge in [0.25, 0.3) is 5.56 Å². The highest BCUT2D eigenvalue weighted by atomic mass is 127. The predicted molar refractivity (Wildman–Crippen MR) is 173 cm³/mol. The first-order valence-corrected chi connectivity index (χ1v) is 16.1. The van der Waals surface area contributed by atoms with E-state index in [9.17, 15) is 14.7 Å². The zero-order chi connectivity index (χ0) is 27.7. The van der Waals surface area contributed by atoms with Gasteiger partial charge in [-0.2, -0.15) is 0 Å². The summed E-state index contributed by atoms with van der Waals surface area (Å²) in [5.74, 6) is -0.401. The molecule has 5 rings (SSSR count). The van der Waals surface area contributed by atoms with E-state index in [1.807, 2.05) is 73.0 Å². The van der Waals surface area contributed by atoms with Crippen molar-refractivity contribution in [2.24, 2.45) is 4.99 Å². The molecular weight excluding hydrogens is 758 g/mol. The predicted octanol–water partition coefficient (Wildman–Crippen LogP) is 5.57. The number of fused-ring (bicyclic) bond motifs is 1. The van der Waals surface area contributed by atoms with E-state index < -0.39 is 12.0 Å². The van der Waals surface area contributed by atoms with Gasteiger partial charge in [-0.05, 0) is 94.3 Å². The highest BCUT2D eigenvalue weighted by Crippen LogP contribution is 2.36. The van der Waals surface area contributed by atoms with E-state index >= 15 is 0 Å². The van der Waals surface area contributed by atoms with Crippen LogP contribution in [0.1, 0.15) is 29.7 Å². The second-order valence-corrected chi connectivity index (χ2v) is 12.8. The zero-order valence-electron chi connectivity index (χ0n) is 20.9. The van der Waals surface area contributed by atoms with Gasteiger partial charge >= 0.3 is 5.97 Å². The summed E-state index contributed by atoms with van der Waals surface area (Å²) in [7, 11) is 0. The minimum absolute atomic E-state index is 0.114. The van der Waals surface area contributed by atoms with Crippen molar-refractivity contribution in [3.8, 4) is 5.75 Å². The lowest BCUT2D eigenvalue weighted by atomic mass is 9.93. The number of phenols is 1. The Kier molecular flexibility index (Phi) is 8.64. The number of nitrogens with zero attached hydrogens (tertiary/aromatic N) is 2. The second-order valence-electron chi connectivity index (χ2n) is 8.53. The molecule has 0 amide bonds. The normalized spacial score (nSPS) is 15.2. The number of thiazole rings is 1. The molecule has 0 saturated carbocycles. The third-order valence-corrected chi connectivity index (χ3v) is 9.32. The van der Waals surface area contributed by atoms with Gasteiger partial charge in [-0.15, -0.1) is 11.8 Å². The SMILES string of the molecule is CCOC(=O)C1=C(c2ccccc2)N=c2s/c(=C\c3cc(I)cc(I)c3O)c(=O)n2[C@H]1c1ccc(SC)cc1. The molecule has 0 spiro atoms. The molecule has 0 bridgehead atoms. The molecular formula is C29H22I2N2O4S2. The van der Waals surface area contributed by atoms with Crippen molar-refractivity contribution in [3.63, 3.8) is 0 Å². The average molecular weight is 780 g/mol. The molecule has 2 heterocycles. The van der Waals surface area contributed by atoms with Gasteiger partial charge in [0, 0.05) is 19.6 Å². The van der Waals surface area contributed by atoms with Gasteiger partial charge in [0.05, 0.1) is 32.0 Å². The van der Waals surface area contributed by atoms with Crippen molar-refractivity contribution >= 4 is 86.0 Å². The number of benzene rings is 3. The molecule has 4 aromatic rings. The standard InChI is InChI=1S/C29H22I2N2O4S2/c1-3-37-28(36)23-24(16-7-5-4-6-8-16)32-29-33(25(23)17-9-11-20(38-2)12-10-17)27(35)22(39-29)14-18-13-19(30)15-21(31)26(18)34/h4-15,25,34H,3H2,1-2H3/b22-14-/t25-/m0/s1. The fourth-order valence-corrected chi connectivity index (χ4v) is 7.67. The molecule has 39 heavy (non-hydrogen) atoms. The summed E-state index contributed by atoms with van der Waals surface area (Å²) in [4.78, 5) is 33.9. The van der Waals surface area contributed by atoms with Gasteiger partial charge in [-0.3, -0.25) is 9.36 Å². The van der Waals surface area contributed by atoms with Gasteiger partial charge in [-0.25, -0.2) is 9.79 Å². The molecule has 1 N–H and O–H groups in total. The quantitative estimate of drug-likeness (QED) is 0.157. The molecule has 198 valence electrons. The number of thioether (sulfide) groups is 1. The molecule has 1 atom stereocenters. The van der Waals surface area contributed by atoms with Crippen LogP contribution in [0.2, 0.25) is 0 Å². The topological polar surface area (TPSA) is 80.9 Å². The van der Waals surface area contributed by atoms with Crippen LogP contribution in [0.3, 0.4) is 0 Å². The van der Waals surface area contributed by atoms with E-state index in [4.69, 9.17) is 9.73 Å². The van der Waals surface area contributed by atoms with Crippen molar-refractivity contribution in [3.05, 3.63) is 116 Å². The van der Waals surface area contributed by atoms with Gasteiger partial charge < -0.3 is 9.84 Å². The number of aromatic nitrogens is 1. The number of carbonyl (C=O) groups is 1. The van der Waals surface area contributed by atoms with E-state index in [1.165, 1.54) is 11.3 Å². The molecule has 1 aliphatic rings. The molecule has 0 saturated heterocycles. The molecule has 10 heteroatoms. The minimum Gasteiger partial charge on any atom is -0.506 e. The number of halogens is 2. The summed E-state index contributed by atoms with van der Waals surface area (Å²) >= 11 is 7.11. The minimum atomic E-state index is -0.738. The summed E-state index contributed by atoms with van der Waals surface area (Å²) in [6, 6.07) is 20.3. The lowest BCUT2D eigenvalue weighted by molar-refractivity contribution is -0.138. The van der Waals surface area contributed by atoms with Crippen LogP contribution in [0.25, 0.3) is 11.8 Å². The Bertz CT molecular complexity index is 1780. The van der Waals surface area contributed by atoms with Gasteiger partial charge in [0.15, 0.2) is 4.80 Å². The lowest BCUT2D eigenvalue weighted by Gasteiger charge is -2.26. The molecule has 0 aliphatic carbocycles. The zero-order valence-corrected chi connectivity index (χ0v) is 26.8. The fraction of sp³-hybridized carbons (Fsp3) is 0.138. The van der Waals surface area contributed by atoms with Crippen LogP contribution in [0.5, 0.6) is 5.75 Å². The number of hydrogen-bond donors (Lipinski definition) is 1. The summed E-state index contributed by atoms with van der Waals surface area (Å²) in [6.07, 6.45) is 3.69. The average Bonchev–Trinajstić information content (AvgIpc) is 3.25. The molecule has 0 unspecified atom stereocenters. The van der Waals surface area contributed by atoms with E-state index in [0.29, 0.717) is 29.7 Å². The van der Waals surface area contributed by atoms with Gasteiger partial charge in [0.1, 0.15) is 5.75 Å². The summed E-state index contributed by atoms with van der Waals surface area (Å²) in [5, 5.41) is 10.7. The van der Waals surface area contributed by atoms with E-state index in [1.54, 1.807) is 29.3 Å². The smallest absolute Gasteiger partial charge is 0.338 e. The van der Waals surface area contributed by atoms with Gasteiger partial charge in [0.2, 0.25) is 0 Å². The molecule has 3 aromatic carbocycles. The Hall–Kier alpha value is -2.42. The maximum atomic E-state index is 14.0. The van der Waals surface area contributed by atoms with Crippen molar-refractivity contribution in [1.29, 1.82) is 0 Å². The summed E-state index contributed by atoms with van der Waals surface area (Å²) in [5.41, 5.74) is 2.58. The van der Waals surface area contributed by atoms with Crippen molar-refractivity contribution in [1.82, 2.24) is 4.57 Å². The first-order valence-electron chi connectivity index (χ1n) is 11.9. The second kappa shape index (κ2) is 12.0. The van der Waals surface area contributed by atoms with Crippen LogP contribution < -0.4 is 14.9 Å². The Balaban J connectivity index is 1.84. The number of aromatic hydroxyl groups is 1. The monoisotopic (exact) mass is 780 g/mol. The highest BCUT2D eigenvalue weighted by molar-refractivity contribution is 14.1. The Morgan fingerprint density at radius 1 is 1.15 bits per heavy atom. The Morgan fingerprint density at radius 3 is 2.54 bits per heavy atom. The number of rotatable bonds is 6. The summed E-state index contributed by atoms with van der Waals surface area (Å²) < 4.78 is 9.13. The molecule has 0 radical (unpaired) electrons. The highest BCUT2D eigenvalue weighted by Gasteiger charge is 2.35. The molecule has 1 aromatic heterocycles. The van der Waals surface area contributed by atoms with Crippen LogP contribution in [0.15, 0.2) is 87.0 Å². The number of ether oxygens (including phenoxy) is 1. The van der Waals surface area contributed by atoms with Crippen molar-refractivity contribution < 1.29 is 14.6 Å². The fourth-order valence-electron chi connectivity index (χ4n) is 4.38. The maximum absolute atomic E-state index is 14.0. The van der Waals surface area contributed by atoms with Crippen molar-refractivity contribution in [2.45, 2.75) is 17.9 Å². The van der Waals surface area contributed by atoms with Crippen LogP contribution in [0.4, 0.5) is 0 Å². The number of phenolic OH excluding ortho intramolecular Hbond substituents is 1. The lowest BCUT2D eigenvalue weighted by Crippen LogP contribution is -2.40. The van der Waals surface area contributed by atoms with Crippen LogP contribution in [-0.4, -0.2) is 28.5 Å². The third kappa shape index (κ3) is 5.61. The number of esters is 1. The molecule has 0 fully saturated rings. The number of hydrogen-bond acceptors (Lipinski definition) is 7. The number of carbonyl (C=O) groups excluding carboxylic acids is 1. The molecule has 1 aliphatic heterocycles. The summed E-state index contributed by atoms with van der Waals surface area (Å²) in [6.45, 7) is 1.95. The first kappa shape index (κ1) is 28.1. The van der Waals surface area contributed by atoms with Crippen LogP contribution in [-0.2, 0) is 9.53 Å². The van der Waals surface area contributed by atoms with E-state index in [0.717, 1.165) is 19.6 Å². The Labute approximate surface area is 260 Å². The molecule has 6 nitrogen and oxygen atoms in total. The van der Waals surface area contributed by atoms with E-state index in [2.05, 4.69) is 45.2 Å². The van der Waals surface area contributed by atoms with Crippen LogP contribution >= 0.6 is 68.3 Å². The van der Waals surface area contributed by atoms with Crippen LogP contribution in [0, 0.1) is 7.14 Å². The van der Waals surface area contributed by atoms with Gasteiger partial charge in [-0.1, -0.05) is 53.8 Å². The van der Waals surface area contributed by atoms with E-state index in [-0.39, 0.29) is 17.9 Å². The first-order chi connectivity index (χ1) is 18.8. The Morgan fingerprint density at radius 2 is 1.87 bits per heavy atom. The largest absolute Gasteiger partial charge is 0.506 e.